The van der Waals surface area contributed by atoms with Crippen LogP contribution in [0.25, 0.3) is 0 Å². The summed E-state index contributed by atoms with van der Waals surface area (Å²) in [5.41, 5.74) is -0.936. The second-order valence-electron chi connectivity index (χ2n) is 6.39. The fraction of sp³-hybridized carbons (Fsp3) is 0.688. The zero-order valence-corrected chi connectivity index (χ0v) is 16.1. The van der Waals surface area contributed by atoms with Crippen molar-refractivity contribution in [3.63, 3.8) is 0 Å². The Kier molecular flexibility index (Phi) is 17.8. The van der Waals surface area contributed by atoms with E-state index in [1.807, 2.05) is 20.8 Å². The minimum absolute atomic E-state index is 0.169. The van der Waals surface area contributed by atoms with E-state index in [4.69, 9.17) is 15.0 Å². The molecular weight excluding hydrogens is 320 g/mol. The number of hydrogen-bond acceptors (Lipinski definition) is 6. The van der Waals surface area contributed by atoms with E-state index in [0.717, 1.165) is 6.92 Å². The van der Waals surface area contributed by atoms with Gasteiger partial charge in [0.25, 0.3) is 5.97 Å². The van der Waals surface area contributed by atoms with Crippen molar-refractivity contribution in [2.75, 3.05) is 14.2 Å². The van der Waals surface area contributed by atoms with Gasteiger partial charge in [-0.1, -0.05) is 0 Å². The van der Waals surface area contributed by atoms with Crippen molar-refractivity contribution in [1.82, 2.24) is 0 Å². The molecule has 0 spiro atoms. The Bertz CT molecular complexity index is 382. The zero-order valence-electron chi connectivity index (χ0n) is 16.1. The minimum Gasteiger partial charge on any atom is -0.481 e. The van der Waals surface area contributed by atoms with Gasteiger partial charge >= 0.3 is 17.9 Å². The van der Waals surface area contributed by atoms with Gasteiger partial charge < -0.3 is 19.7 Å². The first-order chi connectivity index (χ1) is 10.4. The molecular formula is C16H31O8+. The Balaban J connectivity index is -0.000000115. The summed E-state index contributed by atoms with van der Waals surface area (Å²) in [6.07, 6.45) is 0. The molecule has 0 aliphatic rings. The maximum atomic E-state index is 10.6. The molecule has 0 amide bonds. The molecule has 0 aromatic heterocycles. The van der Waals surface area contributed by atoms with E-state index in [-0.39, 0.29) is 11.4 Å². The van der Waals surface area contributed by atoms with Crippen LogP contribution in [0.5, 0.6) is 0 Å². The summed E-state index contributed by atoms with van der Waals surface area (Å²) in [7, 11) is 2.68. The van der Waals surface area contributed by atoms with Crippen LogP contribution in [0.4, 0.5) is 0 Å². The van der Waals surface area contributed by atoms with E-state index in [1.54, 1.807) is 20.8 Å². The molecule has 0 saturated heterocycles. The van der Waals surface area contributed by atoms with Crippen molar-refractivity contribution in [2.45, 2.75) is 48.5 Å². The standard InChI is InChI=1S/C6H12O2.C5H10O2.C3H5O2.C2H4O2/c1-6(2,3)5(7)8-4;1-5(2,3)4(6)7;1-3(4)5-2;1-2(3)4/h1-4H3;1-3H3,(H,6,7);1H2,2H3;1H3,(H,3,4)/q;;+1;. The highest BCUT2D eigenvalue weighted by molar-refractivity contribution is 5.75. The number of carboxylic acid groups (broad SMARTS) is 2. The third-order valence-corrected chi connectivity index (χ3v) is 1.67. The van der Waals surface area contributed by atoms with Crippen molar-refractivity contribution < 1.29 is 38.9 Å². The molecule has 142 valence electrons. The van der Waals surface area contributed by atoms with Crippen LogP contribution in [0.1, 0.15) is 48.5 Å². The molecule has 8 nitrogen and oxygen atoms in total. The lowest BCUT2D eigenvalue weighted by Crippen LogP contribution is -2.21. The lowest BCUT2D eigenvalue weighted by molar-refractivity contribution is -0.149. The molecule has 0 aromatic carbocycles. The van der Waals surface area contributed by atoms with Gasteiger partial charge in [0, 0.05) is 6.92 Å². The fourth-order valence-electron chi connectivity index (χ4n) is 0.306. The number of aliphatic carboxylic acids is 2. The average Bonchev–Trinajstić information content (AvgIpc) is 2.36. The number of ether oxygens (including phenoxy) is 2. The highest BCUT2D eigenvalue weighted by Crippen LogP contribution is 2.13. The predicted molar refractivity (Wildman–Crippen MR) is 89.2 cm³/mol. The molecule has 0 unspecified atom stereocenters. The highest BCUT2D eigenvalue weighted by Gasteiger charge is 2.21. The number of esters is 2. The lowest BCUT2D eigenvalue weighted by atomic mass is 9.98. The fourth-order valence-corrected chi connectivity index (χ4v) is 0.306. The van der Waals surface area contributed by atoms with Gasteiger partial charge in [0.2, 0.25) is 0 Å². The van der Waals surface area contributed by atoms with Crippen LogP contribution in [0.3, 0.4) is 0 Å². The van der Waals surface area contributed by atoms with E-state index in [0.29, 0.717) is 0 Å². The van der Waals surface area contributed by atoms with Crippen molar-refractivity contribution in [3.8, 4) is 0 Å². The summed E-state index contributed by atoms with van der Waals surface area (Å²) in [5.74, 6) is -2.25. The number of carbonyl (C=O) groups is 4. The first kappa shape index (κ1) is 29.7. The molecule has 0 atom stereocenters. The quantitative estimate of drug-likeness (QED) is 0.503. The van der Waals surface area contributed by atoms with Gasteiger partial charge in [0.1, 0.15) is 0 Å². The van der Waals surface area contributed by atoms with Gasteiger partial charge in [-0.3, -0.25) is 14.4 Å². The van der Waals surface area contributed by atoms with Crippen LogP contribution in [0.15, 0.2) is 0 Å². The van der Waals surface area contributed by atoms with Gasteiger partial charge in [-0.2, -0.15) is 4.79 Å². The molecule has 0 rings (SSSR count). The summed E-state index contributed by atoms with van der Waals surface area (Å²) >= 11 is 0. The zero-order chi connectivity index (χ0) is 20.7. The van der Waals surface area contributed by atoms with E-state index in [2.05, 4.69) is 16.4 Å². The second-order valence-corrected chi connectivity index (χ2v) is 6.39. The number of carboxylic acids is 2. The number of methoxy groups -OCH3 is 2. The van der Waals surface area contributed by atoms with Gasteiger partial charge in [0.15, 0.2) is 6.92 Å². The first-order valence-electron chi connectivity index (χ1n) is 6.84. The molecule has 0 saturated carbocycles. The van der Waals surface area contributed by atoms with Crippen LogP contribution in [0.2, 0.25) is 0 Å². The summed E-state index contributed by atoms with van der Waals surface area (Å²) < 4.78 is 8.48. The number of rotatable bonds is 0. The molecule has 0 heterocycles. The second kappa shape index (κ2) is 14.3. The van der Waals surface area contributed by atoms with Crippen LogP contribution in [0, 0.1) is 17.8 Å². The average molecular weight is 351 g/mol. The molecule has 2 N–H and O–H groups in total. The predicted octanol–water partition coefficient (Wildman–Crippen LogP) is 2.41. The smallest absolute Gasteiger partial charge is 0.481 e. The summed E-state index contributed by atoms with van der Waals surface area (Å²) in [6, 6.07) is 0. The Morgan fingerprint density at radius 1 is 0.792 bits per heavy atom. The van der Waals surface area contributed by atoms with Crippen LogP contribution < -0.4 is 0 Å². The van der Waals surface area contributed by atoms with E-state index in [1.165, 1.54) is 14.2 Å². The van der Waals surface area contributed by atoms with Crippen LogP contribution in [-0.2, 0) is 28.7 Å². The number of hydrogen-bond donors (Lipinski definition) is 2. The molecule has 0 radical (unpaired) electrons. The summed E-state index contributed by atoms with van der Waals surface area (Å²) in [5, 5.41) is 15.7. The monoisotopic (exact) mass is 351 g/mol. The van der Waals surface area contributed by atoms with Crippen molar-refractivity contribution in [1.29, 1.82) is 0 Å². The molecule has 0 bridgehead atoms. The Morgan fingerprint density at radius 2 is 1.00 bits per heavy atom. The van der Waals surface area contributed by atoms with E-state index < -0.39 is 23.3 Å². The van der Waals surface area contributed by atoms with E-state index >= 15 is 0 Å². The van der Waals surface area contributed by atoms with E-state index in [9.17, 15) is 14.4 Å². The Morgan fingerprint density at radius 3 is 1.00 bits per heavy atom. The molecule has 8 heteroatoms. The Labute approximate surface area is 144 Å². The Hall–Kier alpha value is -2.25. The molecule has 0 aromatic rings. The summed E-state index contributed by atoms with van der Waals surface area (Å²) in [6.45, 7) is 14.4. The van der Waals surface area contributed by atoms with Gasteiger partial charge in [0.05, 0.1) is 25.0 Å². The SMILES string of the molecule is CC(=O)O.CC(C)(C)C(=O)O.COC(=O)C(C)(C)C.[CH2+]C(=O)OC. The largest absolute Gasteiger partial charge is 0.493 e. The van der Waals surface area contributed by atoms with Crippen LogP contribution >= 0.6 is 0 Å². The minimum atomic E-state index is -0.833. The first-order valence-corrected chi connectivity index (χ1v) is 6.84. The lowest BCUT2D eigenvalue weighted by Gasteiger charge is -2.13. The third kappa shape index (κ3) is 36.7. The van der Waals surface area contributed by atoms with Gasteiger partial charge in [-0.15, -0.1) is 0 Å². The molecule has 0 aliphatic heterocycles. The van der Waals surface area contributed by atoms with Crippen LogP contribution in [-0.4, -0.2) is 48.3 Å². The van der Waals surface area contributed by atoms with Crippen molar-refractivity contribution in [3.05, 3.63) is 6.92 Å². The van der Waals surface area contributed by atoms with Crippen molar-refractivity contribution in [2.24, 2.45) is 10.8 Å². The molecule has 0 fully saturated rings. The maximum absolute atomic E-state index is 10.6. The third-order valence-electron chi connectivity index (χ3n) is 1.67. The molecule has 0 aliphatic carbocycles. The number of carbonyl (C=O) groups excluding carboxylic acids is 2. The van der Waals surface area contributed by atoms with Gasteiger partial charge in [-0.25, -0.2) is 0 Å². The van der Waals surface area contributed by atoms with Crippen molar-refractivity contribution >= 4 is 23.9 Å². The topological polar surface area (TPSA) is 127 Å². The normalized spacial score (nSPS) is 9.38. The summed E-state index contributed by atoms with van der Waals surface area (Å²) in [4.78, 5) is 39.1. The van der Waals surface area contributed by atoms with Gasteiger partial charge in [-0.05, 0) is 41.5 Å². The molecule has 24 heavy (non-hydrogen) atoms. The highest BCUT2D eigenvalue weighted by atomic mass is 16.5. The maximum Gasteiger partial charge on any atom is 0.493 e.